The number of nitriles is 1. The summed E-state index contributed by atoms with van der Waals surface area (Å²) in [6.45, 7) is 3.98. The van der Waals surface area contributed by atoms with E-state index in [0.717, 1.165) is 20.7 Å². The highest BCUT2D eigenvalue weighted by Crippen LogP contribution is 2.36. The maximum absolute atomic E-state index is 11.0. The topological polar surface area (TPSA) is 86.2 Å². The summed E-state index contributed by atoms with van der Waals surface area (Å²) in [5.41, 5.74) is 3.03. The molecule has 0 bridgehead atoms. The van der Waals surface area contributed by atoms with Crippen LogP contribution in [0.4, 0.5) is 0 Å². The monoisotopic (exact) mass is 312 g/mol. The molecule has 0 amide bonds. The molecule has 2 heterocycles. The fourth-order valence-electron chi connectivity index (χ4n) is 2.47. The summed E-state index contributed by atoms with van der Waals surface area (Å²) in [4.78, 5) is 12.1. The van der Waals surface area contributed by atoms with Crippen LogP contribution in [0.25, 0.3) is 15.9 Å². The Balaban J connectivity index is 2.29. The number of carbonyl (C=O) groups is 1. The van der Waals surface area contributed by atoms with E-state index < -0.39 is 5.97 Å². The molecule has 0 radical (unpaired) electrons. The molecule has 3 rings (SSSR count). The van der Waals surface area contributed by atoms with Crippen molar-refractivity contribution in [3.63, 3.8) is 0 Å². The highest BCUT2D eigenvalue weighted by Gasteiger charge is 2.17. The van der Waals surface area contributed by atoms with Crippen molar-refractivity contribution < 1.29 is 15.0 Å². The zero-order valence-corrected chi connectivity index (χ0v) is 12.7. The summed E-state index contributed by atoms with van der Waals surface area (Å²) in [5, 5.41) is 28.1. The van der Waals surface area contributed by atoms with Gasteiger partial charge in [0.2, 0.25) is 0 Å². The van der Waals surface area contributed by atoms with Gasteiger partial charge in [0, 0.05) is 22.8 Å². The van der Waals surface area contributed by atoms with Crippen molar-refractivity contribution in [1.82, 2.24) is 4.57 Å². The number of aryl methyl sites for hydroxylation is 2. The zero-order valence-electron chi connectivity index (χ0n) is 11.9. The normalized spacial score (nSPS) is 10.8. The Kier molecular flexibility index (Phi) is 3.15. The van der Waals surface area contributed by atoms with E-state index in [0.29, 0.717) is 11.3 Å². The summed E-state index contributed by atoms with van der Waals surface area (Å²) < 4.78 is 2.72. The average molecular weight is 312 g/mol. The van der Waals surface area contributed by atoms with E-state index in [2.05, 4.69) is 6.07 Å². The van der Waals surface area contributed by atoms with Crippen molar-refractivity contribution in [2.24, 2.45) is 0 Å². The van der Waals surface area contributed by atoms with E-state index in [9.17, 15) is 15.2 Å². The smallest absolute Gasteiger partial charge is 0.339 e. The number of fused-ring (bicyclic) bond motifs is 1. The fourth-order valence-corrected chi connectivity index (χ4v) is 3.59. The molecule has 0 saturated carbocycles. The lowest BCUT2D eigenvalue weighted by molar-refractivity contribution is 0.0694. The number of rotatable bonds is 2. The second-order valence-corrected chi connectivity index (χ2v) is 6.22. The highest BCUT2D eigenvalue weighted by atomic mass is 32.1. The molecule has 2 N–H and O–H groups in total. The fraction of sp³-hybridized carbons (Fsp3) is 0.125. The first kappa shape index (κ1) is 14.2. The third-order valence-electron chi connectivity index (χ3n) is 3.71. The maximum Gasteiger partial charge on any atom is 0.339 e. The number of nitrogens with zero attached hydrogens (tertiary/aromatic N) is 2. The molecule has 1 aromatic carbocycles. The van der Waals surface area contributed by atoms with Crippen LogP contribution in [-0.2, 0) is 0 Å². The summed E-state index contributed by atoms with van der Waals surface area (Å²) in [6.07, 6.45) is 1.71. The van der Waals surface area contributed by atoms with E-state index >= 15 is 0 Å². The van der Waals surface area contributed by atoms with Gasteiger partial charge >= 0.3 is 5.97 Å². The molecule has 0 aliphatic heterocycles. The van der Waals surface area contributed by atoms with Gasteiger partial charge in [0.25, 0.3) is 0 Å². The number of aromatic nitrogens is 1. The number of phenols is 1. The Morgan fingerprint density at radius 1 is 1.36 bits per heavy atom. The first-order valence-corrected chi connectivity index (χ1v) is 7.33. The Morgan fingerprint density at radius 2 is 2.09 bits per heavy atom. The maximum atomic E-state index is 11.0. The van der Waals surface area contributed by atoms with Crippen LogP contribution in [0.15, 0.2) is 24.4 Å². The van der Waals surface area contributed by atoms with Gasteiger partial charge in [-0.25, -0.2) is 4.79 Å². The molecule has 6 heteroatoms. The van der Waals surface area contributed by atoms with Crippen molar-refractivity contribution in [3.05, 3.63) is 46.0 Å². The standard InChI is InChI=1S/C16H12N2O3S/c1-8-9(2)22-15-10(6-17)7-18(14(8)15)11-3-4-12(16(20)21)13(19)5-11/h3-5,7,19H,1-2H3,(H,20,21). The lowest BCUT2D eigenvalue weighted by atomic mass is 10.1. The van der Waals surface area contributed by atoms with E-state index in [1.807, 2.05) is 18.4 Å². The second-order valence-electron chi connectivity index (χ2n) is 4.99. The Bertz CT molecular complexity index is 960. The minimum absolute atomic E-state index is 0.147. The predicted octanol–water partition coefficient (Wildman–Crippen LogP) is 3.58. The number of hydrogen-bond acceptors (Lipinski definition) is 4. The van der Waals surface area contributed by atoms with Crippen molar-refractivity contribution in [1.29, 1.82) is 5.26 Å². The number of aromatic hydroxyl groups is 1. The van der Waals surface area contributed by atoms with Gasteiger partial charge < -0.3 is 14.8 Å². The van der Waals surface area contributed by atoms with E-state index in [-0.39, 0.29) is 11.3 Å². The van der Waals surface area contributed by atoms with E-state index in [4.69, 9.17) is 5.11 Å². The third kappa shape index (κ3) is 1.95. The van der Waals surface area contributed by atoms with Gasteiger partial charge in [-0.15, -0.1) is 11.3 Å². The number of carboxylic acid groups (broad SMARTS) is 1. The molecular weight excluding hydrogens is 300 g/mol. The van der Waals surface area contributed by atoms with Crippen molar-refractivity contribution in [3.8, 4) is 17.5 Å². The molecule has 0 saturated heterocycles. The van der Waals surface area contributed by atoms with Crippen LogP contribution in [0.1, 0.15) is 26.4 Å². The number of thiophene rings is 1. The van der Waals surface area contributed by atoms with Gasteiger partial charge in [0.15, 0.2) is 0 Å². The first-order chi connectivity index (χ1) is 10.4. The summed E-state index contributed by atoms with van der Waals surface area (Å²) >= 11 is 1.56. The molecule has 0 aliphatic carbocycles. The van der Waals surface area contributed by atoms with Crippen molar-refractivity contribution in [2.45, 2.75) is 13.8 Å². The van der Waals surface area contributed by atoms with Gasteiger partial charge in [0.05, 0.1) is 15.8 Å². The van der Waals surface area contributed by atoms with Crippen molar-refractivity contribution >= 4 is 27.5 Å². The largest absolute Gasteiger partial charge is 0.507 e. The molecule has 0 spiro atoms. The lowest BCUT2D eigenvalue weighted by Gasteiger charge is -2.08. The SMILES string of the molecule is Cc1sc2c(C#N)cn(-c3ccc(C(=O)O)c(O)c3)c2c1C. The van der Waals surface area contributed by atoms with Crippen LogP contribution in [0, 0.1) is 25.2 Å². The predicted molar refractivity (Wildman–Crippen MR) is 84.0 cm³/mol. The number of carboxylic acids is 1. The van der Waals surface area contributed by atoms with Crippen LogP contribution in [0.3, 0.4) is 0 Å². The number of hydrogen-bond donors (Lipinski definition) is 2. The molecule has 0 aliphatic rings. The molecule has 0 unspecified atom stereocenters. The molecule has 3 aromatic rings. The molecular formula is C16H12N2O3S. The quantitative estimate of drug-likeness (QED) is 0.757. The van der Waals surface area contributed by atoms with Gasteiger partial charge in [-0.2, -0.15) is 5.26 Å². The number of aromatic carboxylic acids is 1. The van der Waals surface area contributed by atoms with Crippen LogP contribution in [0.5, 0.6) is 5.75 Å². The minimum atomic E-state index is -1.18. The van der Waals surface area contributed by atoms with Crippen LogP contribution in [-0.4, -0.2) is 20.7 Å². The molecule has 110 valence electrons. The van der Waals surface area contributed by atoms with Gasteiger partial charge in [-0.1, -0.05) is 0 Å². The first-order valence-electron chi connectivity index (χ1n) is 6.52. The summed E-state index contributed by atoms with van der Waals surface area (Å²) in [5.74, 6) is -1.48. The van der Waals surface area contributed by atoms with Gasteiger partial charge in [-0.3, -0.25) is 0 Å². The molecule has 2 aromatic heterocycles. The summed E-state index contributed by atoms with van der Waals surface area (Å²) in [7, 11) is 0. The highest BCUT2D eigenvalue weighted by molar-refractivity contribution is 7.19. The second kappa shape index (κ2) is 4.90. The average Bonchev–Trinajstić information content (AvgIpc) is 2.97. The van der Waals surface area contributed by atoms with Gasteiger partial charge in [0.1, 0.15) is 17.4 Å². The van der Waals surface area contributed by atoms with Crippen LogP contribution in [0.2, 0.25) is 0 Å². The van der Waals surface area contributed by atoms with E-state index in [1.54, 1.807) is 23.6 Å². The summed E-state index contributed by atoms with van der Waals surface area (Å²) in [6, 6.07) is 6.56. The minimum Gasteiger partial charge on any atom is -0.507 e. The van der Waals surface area contributed by atoms with Crippen molar-refractivity contribution in [2.75, 3.05) is 0 Å². The number of benzene rings is 1. The molecule has 5 nitrogen and oxygen atoms in total. The lowest BCUT2D eigenvalue weighted by Crippen LogP contribution is -1.99. The van der Waals surface area contributed by atoms with Gasteiger partial charge in [-0.05, 0) is 31.5 Å². The third-order valence-corrected chi connectivity index (χ3v) is 4.94. The molecule has 0 fully saturated rings. The molecule has 0 atom stereocenters. The Morgan fingerprint density at radius 3 is 2.68 bits per heavy atom. The Labute approximate surface area is 130 Å². The zero-order chi connectivity index (χ0) is 16.0. The Hall–Kier alpha value is -2.78. The van der Waals surface area contributed by atoms with Crippen LogP contribution >= 0.6 is 11.3 Å². The van der Waals surface area contributed by atoms with Crippen LogP contribution < -0.4 is 0 Å². The molecule has 22 heavy (non-hydrogen) atoms. The van der Waals surface area contributed by atoms with E-state index in [1.165, 1.54) is 12.1 Å².